The minimum absolute atomic E-state index is 0.0298. The summed E-state index contributed by atoms with van der Waals surface area (Å²) in [5.41, 5.74) is 1.98. The average molecular weight is 500 g/mol. The lowest BCUT2D eigenvalue weighted by Crippen LogP contribution is -2.42. The molecule has 36 heavy (non-hydrogen) atoms. The Morgan fingerprint density at radius 1 is 1.25 bits per heavy atom. The van der Waals surface area contributed by atoms with Gasteiger partial charge in [-0.3, -0.25) is 4.68 Å². The van der Waals surface area contributed by atoms with Crippen molar-refractivity contribution in [3.8, 4) is 22.9 Å². The van der Waals surface area contributed by atoms with E-state index in [9.17, 15) is 13.6 Å². The van der Waals surface area contributed by atoms with E-state index in [0.717, 1.165) is 31.4 Å². The van der Waals surface area contributed by atoms with Gasteiger partial charge in [0.2, 0.25) is 0 Å². The monoisotopic (exact) mass is 499 g/mol. The van der Waals surface area contributed by atoms with Gasteiger partial charge < -0.3 is 25.1 Å². The molecule has 0 unspecified atom stereocenters. The number of ether oxygens (including phenoxy) is 2. The normalized spacial score (nSPS) is 15.1. The standard InChI is InChI=1S/C24H27F2N7O3/c1-24(2,3)31-23(34)36-18-12-29-21-20(18)30-16(11-28-21)19-15-10-14(35-22(25)26)4-5-17(15)33(32-19)13-6-8-27-9-7-13/h4-5,10-13,22,27H,6-9H2,1-3H3,(H,28,29)(H,31,34). The number of alkyl halides is 2. The third-order valence-corrected chi connectivity index (χ3v) is 5.83. The third-order valence-electron chi connectivity index (χ3n) is 5.83. The predicted molar refractivity (Wildman–Crippen MR) is 129 cm³/mol. The molecule has 12 heteroatoms. The van der Waals surface area contributed by atoms with E-state index in [0.29, 0.717) is 27.9 Å². The number of aromatic amines is 1. The van der Waals surface area contributed by atoms with Gasteiger partial charge in [-0.2, -0.15) is 13.9 Å². The summed E-state index contributed by atoms with van der Waals surface area (Å²) in [6.45, 7) is 4.31. The van der Waals surface area contributed by atoms with E-state index in [1.54, 1.807) is 18.3 Å². The Kier molecular flexibility index (Phi) is 6.20. The summed E-state index contributed by atoms with van der Waals surface area (Å²) in [5, 5.41) is 11.5. The molecule has 3 N–H and O–H groups in total. The highest BCUT2D eigenvalue weighted by molar-refractivity contribution is 5.94. The van der Waals surface area contributed by atoms with Gasteiger partial charge in [0.25, 0.3) is 0 Å². The SMILES string of the molecule is CC(C)(C)NC(=O)Oc1c[nH]c2ncc(-c3nn(C4CCNCC4)c4ccc(OC(F)F)cc34)nc12. The molecule has 1 fully saturated rings. The van der Waals surface area contributed by atoms with Gasteiger partial charge in [-0.05, 0) is 64.9 Å². The van der Waals surface area contributed by atoms with Gasteiger partial charge in [-0.15, -0.1) is 0 Å². The first-order chi connectivity index (χ1) is 17.2. The maximum absolute atomic E-state index is 12.9. The summed E-state index contributed by atoms with van der Waals surface area (Å²) in [5.74, 6) is 0.243. The molecule has 0 radical (unpaired) electrons. The van der Waals surface area contributed by atoms with Crippen molar-refractivity contribution in [1.82, 2.24) is 35.4 Å². The highest BCUT2D eigenvalue weighted by Crippen LogP contribution is 2.35. The third kappa shape index (κ3) is 4.94. The highest BCUT2D eigenvalue weighted by atomic mass is 19.3. The first-order valence-corrected chi connectivity index (χ1v) is 11.7. The Labute approximate surface area is 205 Å². The van der Waals surface area contributed by atoms with Crippen molar-refractivity contribution < 1.29 is 23.0 Å². The summed E-state index contributed by atoms with van der Waals surface area (Å²) in [7, 11) is 0. The lowest BCUT2D eigenvalue weighted by molar-refractivity contribution is -0.0497. The second-order valence-corrected chi connectivity index (χ2v) is 9.70. The lowest BCUT2D eigenvalue weighted by atomic mass is 10.1. The Morgan fingerprint density at radius 3 is 2.75 bits per heavy atom. The molecule has 0 spiro atoms. The van der Waals surface area contributed by atoms with Crippen LogP contribution in [0.15, 0.2) is 30.6 Å². The first kappa shape index (κ1) is 23.9. The van der Waals surface area contributed by atoms with E-state index in [1.165, 1.54) is 12.3 Å². The van der Waals surface area contributed by atoms with Gasteiger partial charge in [0.15, 0.2) is 16.9 Å². The van der Waals surface area contributed by atoms with Gasteiger partial charge in [0.1, 0.15) is 17.1 Å². The molecule has 10 nitrogen and oxygen atoms in total. The molecule has 1 saturated heterocycles. The van der Waals surface area contributed by atoms with Crippen molar-refractivity contribution in [2.24, 2.45) is 0 Å². The van der Waals surface area contributed by atoms with Gasteiger partial charge in [0, 0.05) is 17.1 Å². The van der Waals surface area contributed by atoms with Crippen LogP contribution in [0.2, 0.25) is 0 Å². The fourth-order valence-electron chi connectivity index (χ4n) is 4.31. The summed E-state index contributed by atoms with van der Waals surface area (Å²) in [4.78, 5) is 24.4. The predicted octanol–water partition coefficient (Wildman–Crippen LogP) is 4.39. The molecule has 3 aromatic heterocycles. The smallest absolute Gasteiger partial charge is 0.413 e. The van der Waals surface area contributed by atoms with Crippen LogP contribution >= 0.6 is 0 Å². The largest absolute Gasteiger partial charge is 0.435 e. The van der Waals surface area contributed by atoms with Crippen molar-refractivity contribution >= 4 is 28.2 Å². The number of nitrogens with zero attached hydrogens (tertiary/aromatic N) is 4. The van der Waals surface area contributed by atoms with Gasteiger partial charge in [-0.1, -0.05) is 0 Å². The van der Waals surface area contributed by atoms with E-state index in [2.05, 4.69) is 30.3 Å². The Balaban J connectivity index is 1.58. The van der Waals surface area contributed by atoms with Gasteiger partial charge in [-0.25, -0.2) is 14.8 Å². The molecule has 190 valence electrons. The molecule has 0 atom stereocenters. The number of aromatic nitrogens is 5. The van der Waals surface area contributed by atoms with E-state index in [-0.39, 0.29) is 17.5 Å². The van der Waals surface area contributed by atoms with Crippen LogP contribution in [0.4, 0.5) is 13.6 Å². The molecule has 1 aromatic carbocycles. The van der Waals surface area contributed by atoms with E-state index >= 15 is 0 Å². The fourth-order valence-corrected chi connectivity index (χ4v) is 4.31. The molecular weight excluding hydrogens is 472 g/mol. The number of benzene rings is 1. The minimum atomic E-state index is -2.94. The Hall–Kier alpha value is -3.80. The van der Waals surface area contributed by atoms with Crippen molar-refractivity contribution in [2.75, 3.05) is 13.1 Å². The molecule has 0 bridgehead atoms. The number of H-pyrrole nitrogens is 1. The van der Waals surface area contributed by atoms with Crippen LogP contribution < -0.4 is 20.1 Å². The first-order valence-electron chi connectivity index (χ1n) is 11.7. The van der Waals surface area contributed by atoms with Crippen LogP contribution in [0.25, 0.3) is 33.5 Å². The van der Waals surface area contributed by atoms with Crippen LogP contribution in [0, 0.1) is 0 Å². The highest BCUT2D eigenvalue weighted by Gasteiger charge is 2.24. The Bertz CT molecular complexity index is 1400. The summed E-state index contributed by atoms with van der Waals surface area (Å²) in [6, 6.07) is 4.93. The molecule has 4 aromatic rings. The van der Waals surface area contributed by atoms with Crippen LogP contribution in [0.1, 0.15) is 39.7 Å². The minimum Gasteiger partial charge on any atom is -0.435 e. The molecule has 1 amide bonds. The summed E-state index contributed by atoms with van der Waals surface area (Å²) in [6.07, 6.45) is 4.21. The fraction of sp³-hybridized carbons (Fsp3) is 0.417. The second-order valence-electron chi connectivity index (χ2n) is 9.70. The summed E-state index contributed by atoms with van der Waals surface area (Å²) >= 11 is 0. The zero-order valence-corrected chi connectivity index (χ0v) is 20.1. The van der Waals surface area contributed by atoms with Crippen molar-refractivity contribution in [2.45, 2.75) is 51.8 Å². The average Bonchev–Trinajstić information content (AvgIpc) is 3.39. The maximum atomic E-state index is 12.9. The summed E-state index contributed by atoms with van der Waals surface area (Å²) < 4.78 is 37.9. The van der Waals surface area contributed by atoms with Crippen LogP contribution in [-0.4, -0.2) is 56.1 Å². The van der Waals surface area contributed by atoms with Crippen molar-refractivity contribution in [1.29, 1.82) is 0 Å². The van der Waals surface area contributed by atoms with E-state index < -0.39 is 18.2 Å². The number of amides is 1. The van der Waals surface area contributed by atoms with Crippen LogP contribution in [0.3, 0.4) is 0 Å². The molecule has 0 aliphatic carbocycles. The van der Waals surface area contributed by atoms with Gasteiger partial charge >= 0.3 is 12.7 Å². The number of halogens is 2. The number of carbonyl (C=O) groups excluding carboxylic acids is 1. The zero-order chi connectivity index (χ0) is 25.4. The maximum Gasteiger partial charge on any atom is 0.413 e. The molecular formula is C24H27F2N7O3. The van der Waals surface area contributed by atoms with Crippen molar-refractivity contribution in [3.05, 3.63) is 30.6 Å². The van der Waals surface area contributed by atoms with Crippen LogP contribution in [0.5, 0.6) is 11.5 Å². The van der Waals surface area contributed by atoms with Crippen molar-refractivity contribution in [3.63, 3.8) is 0 Å². The number of hydrogen-bond acceptors (Lipinski definition) is 7. The number of fused-ring (bicyclic) bond motifs is 2. The molecule has 1 aliphatic rings. The quantitative estimate of drug-likeness (QED) is 0.373. The topological polar surface area (TPSA) is 119 Å². The number of hydrogen-bond donors (Lipinski definition) is 3. The zero-order valence-electron chi connectivity index (χ0n) is 20.1. The number of rotatable bonds is 5. The van der Waals surface area contributed by atoms with E-state index in [1.807, 2.05) is 25.5 Å². The van der Waals surface area contributed by atoms with Crippen LogP contribution in [-0.2, 0) is 0 Å². The Morgan fingerprint density at radius 2 is 2.03 bits per heavy atom. The number of piperidine rings is 1. The second kappa shape index (κ2) is 9.34. The molecule has 1 aliphatic heterocycles. The molecule has 5 rings (SSSR count). The van der Waals surface area contributed by atoms with E-state index in [4.69, 9.17) is 9.84 Å². The lowest BCUT2D eigenvalue weighted by Gasteiger charge is -2.23. The number of carbonyl (C=O) groups is 1. The number of nitrogens with one attached hydrogen (secondary N) is 3. The molecule has 0 saturated carbocycles. The molecule has 4 heterocycles. The van der Waals surface area contributed by atoms with Gasteiger partial charge in [0.05, 0.1) is 17.8 Å².